The van der Waals surface area contributed by atoms with Gasteiger partial charge in [-0.1, -0.05) is 65.5 Å². The Hall–Kier alpha value is -1.23. The molecule has 0 amide bonds. The number of methoxy groups -OCH3 is 1. The summed E-state index contributed by atoms with van der Waals surface area (Å²) in [5.74, 6) is 6.21. The Morgan fingerprint density at radius 2 is 1.50 bits per heavy atom. The molecule has 2 rings (SSSR count). The Kier molecular flexibility index (Phi) is 12.5. The molecule has 1 heterocycles. The Bertz CT molecular complexity index is 1050. The zero-order valence-corrected chi connectivity index (χ0v) is 30.7. The molecule has 0 radical (unpaired) electrons. The molecule has 5 atom stereocenters. The van der Waals surface area contributed by atoms with Gasteiger partial charge in [-0.3, -0.25) is 0 Å². The average molecular weight is 623 g/mol. The third kappa shape index (κ3) is 10.4. The molecular formula is C33H58O7Si2. The standard InChI is InChI=1S/C33H58O7Si2/c1-24(40-42(13,14)32(5,6)7)28(36-23-25-15-17-26(35-10)18-16-25)20-19-27(34)30-29(38-33(8,9)39-30)21-22-37-41(11,12)31(2,3)4/h15-18,24,27-30,34H,21-23H2,1-14H3/t24-,27?,28+,29-,30+/m0/s1. The second-order valence-electron chi connectivity index (χ2n) is 14.9. The van der Waals surface area contributed by atoms with Crippen LogP contribution in [0.1, 0.15) is 74.3 Å². The second kappa shape index (κ2) is 14.3. The molecule has 0 aliphatic carbocycles. The first kappa shape index (κ1) is 37.0. The van der Waals surface area contributed by atoms with Crippen molar-refractivity contribution in [2.75, 3.05) is 13.7 Å². The maximum atomic E-state index is 11.3. The molecule has 42 heavy (non-hydrogen) atoms. The summed E-state index contributed by atoms with van der Waals surface area (Å²) in [5.41, 5.74) is 0.999. The van der Waals surface area contributed by atoms with Crippen LogP contribution < -0.4 is 4.74 Å². The molecule has 9 heteroatoms. The molecule has 0 saturated carbocycles. The van der Waals surface area contributed by atoms with Crippen molar-refractivity contribution in [1.82, 2.24) is 0 Å². The lowest BCUT2D eigenvalue weighted by Crippen LogP contribution is -2.46. The lowest BCUT2D eigenvalue weighted by molar-refractivity contribution is -0.152. The molecule has 0 aromatic heterocycles. The number of hydrogen-bond donors (Lipinski definition) is 1. The summed E-state index contributed by atoms with van der Waals surface area (Å²) in [6, 6.07) is 7.76. The van der Waals surface area contributed by atoms with Gasteiger partial charge in [0.25, 0.3) is 0 Å². The van der Waals surface area contributed by atoms with Gasteiger partial charge in [-0.15, -0.1) is 0 Å². The summed E-state index contributed by atoms with van der Waals surface area (Å²) in [6.45, 7) is 28.8. The van der Waals surface area contributed by atoms with Crippen LogP contribution in [0.25, 0.3) is 0 Å². The molecule has 1 aromatic carbocycles. The van der Waals surface area contributed by atoms with Gasteiger partial charge in [0.05, 0.1) is 25.9 Å². The minimum Gasteiger partial charge on any atom is -0.497 e. The maximum absolute atomic E-state index is 11.3. The smallest absolute Gasteiger partial charge is 0.192 e. The van der Waals surface area contributed by atoms with E-state index in [1.54, 1.807) is 7.11 Å². The van der Waals surface area contributed by atoms with Crippen LogP contribution in [0.2, 0.25) is 36.3 Å². The van der Waals surface area contributed by atoms with Gasteiger partial charge in [0, 0.05) is 6.61 Å². The van der Waals surface area contributed by atoms with Crippen LogP contribution in [0.4, 0.5) is 0 Å². The van der Waals surface area contributed by atoms with Crippen LogP contribution in [0.15, 0.2) is 24.3 Å². The van der Waals surface area contributed by atoms with Gasteiger partial charge < -0.3 is 32.9 Å². The fourth-order valence-electron chi connectivity index (χ4n) is 4.16. The predicted molar refractivity (Wildman–Crippen MR) is 175 cm³/mol. The Morgan fingerprint density at radius 1 is 0.929 bits per heavy atom. The van der Waals surface area contributed by atoms with Crippen molar-refractivity contribution in [3.05, 3.63) is 29.8 Å². The predicted octanol–water partition coefficient (Wildman–Crippen LogP) is 7.29. The minimum absolute atomic E-state index is 0.0368. The van der Waals surface area contributed by atoms with Gasteiger partial charge in [0.15, 0.2) is 22.4 Å². The van der Waals surface area contributed by atoms with Crippen molar-refractivity contribution in [2.45, 2.75) is 148 Å². The Morgan fingerprint density at radius 3 is 2.02 bits per heavy atom. The summed E-state index contributed by atoms with van der Waals surface area (Å²) in [7, 11) is -2.34. The Balaban J connectivity index is 2.22. The normalized spacial score (nSPS) is 21.8. The number of ether oxygens (including phenoxy) is 4. The number of rotatable bonds is 12. The lowest BCUT2D eigenvalue weighted by atomic mass is 10.1. The van der Waals surface area contributed by atoms with Crippen molar-refractivity contribution in [1.29, 1.82) is 0 Å². The van der Waals surface area contributed by atoms with Crippen LogP contribution in [-0.4, -0.2) is 71.8 Å². The van der Waals surface area contributed by atoms with Crippen LogP contribution in [0, 0.1) is 11.8 Å². The van der Waals surface area contributed by atoms with E-state index in [1.807, 2.05) is 45.0 Å². The summed E-state index contributed by atoms with van der Waals surface area (Å²) in [6.07, 6.45) is -2.23. The summed E-state index contributed by atoms with van der Waals surface area (Å²) >= 11 is 0. The van der Waals surface area contributed by atoms with Crippen molar-refractivity contribution in [2.24, 2.45) is 0 Å². The summed E-state index contributed by atoms with van der Waals surface area (Å²) < 4.78 is 37.0. The van der Waals surface area contributed by atoms with Gasteiger partial charge in [-0.05, 0) is 81.2 Å². The third-order valence-corrected chi connectivity index (χ3v) is 18.0. The zero-order valence-electron chi connectivity index (χ0n) is 28.7. The van der Waals surface area contributed by atoms with E-state index in [0.29, 0.717) is 19.6 Å². The highest BCUT2D eigenvalue weighted by Gasteiger charge is 2.45. The quantitative estimate of drug-likeness (QED) is 0.194. The second-order valence-corrected chi connectivity index (χ2v) is 24.5. The van der Waals surface area contributed by atoms with Crippen LogP contribution >= 0.6 is 0 Å². The molecule has 1 aliphatic rings. The van der Waals surface area contributed by atoms with E-state index in [1.165, 1.54) is 0 Å². The van der Waals surface area contributed by atoms with Crippen molar-refractivity contribution in [3.8, 4) is 17.6 Å². The zero-order chi connectivity index (χ0) is 32.1. The first-order chi connectivity index (χ1) is 19.1. The largest absolute Gasteiger partial charge is 0.497 e. The van der Waals surface area contributed by atoms with Crippen LogP contribution in [0.3, 0.4) is 0 Å². The summed E-state index contributed by atoms with van der Waals surface area (Å²) in [4.78, 5) is 0. The van der Waals surface area contributed by atoms with E-state index in [2.05, 4.69) is 79.6 Å². The molecule has 1 saturated heterocycles. The van der Waals surface area contributed by atoms with Crippen molar-refractivity contribution in [3.63, 3.8) is 0 Å². The molecule has 1 aliphatic heterocycles. The number of aliphatic hydroxyl groups excluding tert-OH is 1. The fourth-order valence-corrected chi connectivity index (χ4v) is 6.62. The van der Waals surface area contributed by atoms with Gasteiger partial charge >= 0.3 is 0 Å². The van der Waals surface area contributed by atoms with E-state index in [4.69, 9.17) is 27.8 Å². The van der Waals surface area contributed by atoms with Crippen LogP contribution in [-0.2, 0) is 29.7 Å². The van der Waals surface area contributed by atoms with E-state index >= 15 is 0 Å². The molecule has 0 spiro atoms. The fraction of sp³-hybridized carbons (Fsp3) is 0.758. The molecule has 240 valence electrons. The minimum atomic E-state index is -2.09. The first-order valence-electron chi connectivity index (χ1n) is 15.2. The molecule has 1 unspecified atom stereocenters. The maximum Gasteiger partial charge on any atom is 0.192 e. The summed E-state index contributed by atoms with van der Waals surface area (Å²) in [5, 5.41) is 11.4. The molecular weight excluding hydrogens is 565 g/mol. The van der Waals surface area contributed by atoms with E-state index in [0.717, 1.165) is 11.3 Å². The van der Waals surface area contributed by atoms with Gasteiger partial charge in [-0.2, -0.15) is 0 Å². The molecule has 0 bridgehead atoms. The van der Waals surface area contributed by atoms with Gasteiger partial charge in [0.1, 0.15) is 24.1 Å². The molecule has 1 aromatic rings. The molecule has 1 N–H and O–H groups in total. The molecule has 7 nitrogen and oxygen atoms in total. The van der Waals surface area contributed by atoms with Gasteiger partial charge in [-0.25, -0.2) is 0 Å². The number of hydrogen-bond acceptors (Lipinski definition) is 7. The lowest BCUT2D eigenvalue weighted by Gasteiger charge is -2.39. The van der Waals surface area contributed by atoms with Gasteiger partial charge in [0.2, 0.25) is 0 Å². The highest BCUT2D eigenvalue weighted by Crippen LogP contribution is 2.39. The molecule has 1 fully saturated rings. The number of benzene rings is 1. The Labute approximate surface area is 258 Å². The van der Waals surface area contributed by atoms with E-state index < -0.39 is 40.7 Å². The number of aliphatic hydroxyl groups is 1. The van der Waals surface area contributed by atoms with E-state index in [9.17, 15) is 5.11 Å². The van der Waals surface area contributed by atoms with Crippen molar-refractivity contribution >= 4 is 16.6 Å². The topological polar surface area (TPSA) is 75.6 Å². The van der Waals surface area contributed by atoms with Crippen LogP contribution in [0.5, 0.6) is 5.75 Å². The highest BCUT2D eigenvalue weighted by molar-refractivity contribution is 6.74. The van der Waals surface area contributed by atoms with Crippen molar-refractivity contribution < 1.29 is 32.9 Å². The monoisotopic (exact) mass is 622 g/mol. The van der Waals surface area contributed by atoms with E-state index in [-0.39, 0.29) is 22.3 Å². The highest BCUT2D eigenvalue weighted by atomic mass is 28.4. The SMILES string of the molecule is COc1ccc(CO[C@H](C#CC(O)[C@H]2OC(C)(C)O[C@H]2CCO[Si](C)(C)C(C)(C)C)[C@H](C)O[Si](C)(C)C(C)(C)C)cc1. The first-order valence-corrected chi connectivity index (χ1v) is 21.0. The third-order valence-electron chi connectivity index (χ3n) is 8.88. The average Bonchev–Trinajstić information content (AvgIpc) is 3.16.